The average molecular weight is 379 g/mol. The normalized spacial score (nSPS) is 10.3. The van der Waals surface area contributed by atoms with Crippen molar-refractivity contribution in [1.82, 2.24) is 10.6 Å². The molecule has 6 heteroatoms. The Morgan fingerprint density at radius 2 is 1.60 bits per heavy atom. The second-order valence-electron chi connectivity index (χ2n) is 5.57. The molecule has 0 radical (unpaired) electrons. The standard InChI is InChI=1S/C19H20Cl2N2O2/c20-16-10-9-15(13-17(16)21)19(25)23-12-11-22-18(24)8-4-7-14-5-2-1-3-6-14/h1-3,5-6,9-10,13H,4,7-8,11-12H2,(H,22,24)(H,23,25). The summed E-state index contributed by atoms with van der Waals surface area (Å²) in [5, 5.41) is 6.26. The topological polar surface area (TPSA) is 58.2 Å². The third kappa shape index (κ3) is 6.77. The quantitative estimate of drug-likeness (QED) is 0.685. The number of carbonyl (C=O) groups excluding carboxylic acids is 2. The van der Waals surface area contributed by atoms with Gasteiger partial charge >= 0.3 is 0 Å². The van der Waals surface area contributed by atoms with E-state index in [-0.39, 0.29) is 11.8 Å². The number of rotatable bonds is 8. The zero-order chi connectivity index (χ0) is 18.1. The van der Waals surface area contributed by atoms with Crippen molar-refractivity contribution in [2.75, 3.05) is 13.1 Å². The molecule has 4 nitrogen and oxygen atoms in total. The fraction of sp³-hybridized carbons (Fsp3) is 0.263. The van der Waals surface area contributed by atoms with Gasteiger partial charge in [0, 0.05) is 25.1 Å². The zero-order valence-electron chi connectivity index (χ0n) is 13.7. The highest BCUT2D eigenvalue weighted by atomic mass is 35.5. The highest BCUT2D eigenvalue weighted by Crippen LogP contribution is 2.22. The number of aryl methyl sites for hydroxylation is 1. The second-order valence-corrected chi connectivity index (χ2v) is 6.39. The third-order valence-electron chi connectivity index (χ3n) is 3.63. The lowest BCUT2D eigenvalue weighted by molar-refractivity contribution is -0.121. The number of hydrogen-bond donors (Lipinski definition) is 2. The fourth-order valence-electron chi connectivity index (χ4n) is 2.30. The van der Waals surface area contributed by atoms with Crippen LogP contribution in [0.1, 0.15) is 28.8 Å². The summed E-state index contributed by atoms with van der Waals surface area (Å²) in [5.74, 6) is -0.267. The minimum Gasteiger partial charge on any atom is -0.354 e. The number of amides is 2. The van der Waals surface area contributed by atoms with Gasteiger partial charge in [-0.25, -0.2) is 0 Å². The molecular weight excluding hydrogens is 359 g/mol. The molecule has 2 aromatic rings. The van der Waals surface area contributed by atoms with E-state index in [0.717, 1.165) is 12.8 Å². The molecule has 0 aromatic heterocycles. The van der Waals surface area contributed by atoms with Crippen LogP contribution in [-0.4, -0.2) is 24.9 Å². The molecule has 2 aromatic carbocycles. The molecule has 132 valence electrons. The van der Waals surface area contributed by atoms with Crippen LogP contribution in [0.3, 0.4) is 0 Å². The Kier molecular flexibility index (Phi) is 7.76. The van der Waals surface area contributed by atoms with Crippen LogP contribution >= 0.6 is 23.2 Å². The molecule has 0 fully saturated rings. The largest absolute Gasteiger partial charge is 0.354 e. The summed E-state index contributed by atoms with van der Waals surface area (Å²) in [5.41, 5.74) is 1.66. The summed E-state index contributed by atoms with van der Waals surface area (Å²) >= 11 is 11.7. The maximum atomic E-state index is 12.0. The lowest BCUT2D eigenvalue weighted by Crippen LogP contribution is -2.34. The zero-order valence-corrected chi connectivity index (χ0v) is 15.2. The molecule has 0 aliphatic rings. The fourth-order valence-corrected chi connectivity index (χ4v) is 2.60. The van der Waals surface area contributed by atoms with Crippen LogP contribution in [0, 0.1) is 0 Å². The summed E-state index contributed by atoms with van der Waals surface area (Å²) in [7, 11) is 0. The highest BCUT2D eigenvalue weighted by Gasteiger charge is 2.08. The Morgan fingerprint density at radius 3 is 2.32 bits per heavy atom. The van der Waals surface area contributed by atoms with Crippen molar-refractivity contribution < 1.29 is 9.59 Å². The van der Waals surface area contributed by atoms with Crippen LogP contribution in [-0.2, 0) is 11.2 Å². The van der Waals surface area contributed by atoms with E-state index in [1.807, 2.05) is 18.2 Å². The smallest absolute Gasteiger partial charge is 0.251 e. The maximum absolute atomic E-state index is 12.0. The van der Waals surface area contributed by atoms with Gasteiger partial charge < -0.3 is 10.6 Å². The van der Waals surface area contributed by atoms with Gasteiger partial charge in [0.15, 0.2) is 0 Å². The minimum absolute atomic E-state index is 0.0142. The van der Waals surface area contributed by atoms with Crippen LogP contribution in [0.5, 0.6) is 0 Å². The Balaban J connectivity index is 1.61. The first-order valence-electron chi connectivity index (χ1n) is 8.10. The summed E-state index contributed by atoms with van der Waals surface area (Å²) in [4.78, 5) is 23.7. The number of hydrogen-bond acceptors (Lipinski definition) is 2. The van der Waals surface area contributed by atoms with Crippen molar-refractivity contribution in [3.05, 3.63) is 69.7 Å². The number of halogens is 2. The van der Waals surface area contributed by atoms with Crippen LogP contribution < -0.4 is 10.6 Å². The molecule has 2 amide bonds. The molecule has 0 saturated heterocycles. The number of carbonyl (C=O) groups is 2. The predicted octanol–water partition coefficient (Wildman–Crippen LogP) is 3.86. The van der Waals surface area contributed by atoms with Gasteiger partial charge in [-0.3, -0.25) is 9.59 Å². The molecule has 0 saturated carbocycles. The molecular formula is C19H20Cl2N2O2. The molecule has 2 N–H and O–H groups in total. The Hall–Kier alpha value is -2.04. The maximum Gasteiger partial charge on any atom is 0.251 e. The van der Waals surface area contributed by atoms with Crippen LogP contribution in [0.25, 0.3) is 0 Å². The molecule has 0 bridgehead atoms. The van der Waals surface area contributed by atoms with E-state index in [4.69, 9.17) is 23.2 Å². The van der Waals surface area contributed by atoms with E-state index in [1.54, 1.807) is 12.1 Å². The Bertz CT molecular complexity index is 721. The van der Waals surface area contributed by atoms with E-state index < -0.39 is 0 Å². The van der Waals surface area contributed by atoms with E-state index in [2.05, 4.69) is 22.8 Å². The highest BCUT2D eigenvalue weighted by molar-refractivity contribution is 6.42. The lowest BCUT2D eigenvalue weighted by Gasteiger charge is -2.08. The molecule has 0 aliphatic carbocycles. The molecule has 25 heavy (non-hydrogen) atoms. The van der Waals surface area contributed by atoms with Crippen LogP contribution in [0.2, 0.25) is 10.0 Å². The van der Waals surface area contributed by atoms with E-state index in [9.17, 15) is 9.59 Å². The van der Waals surface area contributed by atoms with Gasteiger partial charge in [-0.2, -0.15) is 0 Å². The molecule has 0 atom stereocenters. The van der Waals surface area contributed by atoms with Crippen molar-refractivity contribution in [2.45, 2.75) is 19.3 Å². The van der Waals surface area contributed by atoms with Gasteiger partial charge in [-0.05, 0) is 36.6 Å². The van der Waals surface area contributed by atoms with Crippen molar-refractivity contribution >= 4 is 35.0 Å². The molecule has 0 spiro atoms. The molecule has 2 rings (SSSR count). The number of nitrogens with one attached hydrogen (secondary N) is 2. The summed E-state index contributed by atoms with van der Waals surface area (Å²) in [6.45, 7) is 0.737. The summed E-state index contributed by atoms with van der Waals surface area (Å²) in [6.07, 6.45) is 2.14. The summed E-state index contributed by atoms with van der Waals surface area (Å²) in [6, 6.07) is 14.8. The van der Waals surface area contributed by atoms with Gasteiger partial charge in [0.25, 0.3) is 5.91 Å². The second kappa shape index (κ2) is 10.1. The van der Waals surface area contributed by atoms with Gasteiger partial charge in [-0.1, -0.05) is 53.5 Å². The van der Waals surface area contributed by atoms with E-state index in [1.165, 1.54) is 11.6 Å². The van der Waals surface area contributed by atoms with E-state index >= 15 is 0 Å². The SMILES string of the molecule is O=C(CCCc1ccccc1)NCCNC(=O)c1ccc(Cl)c(Cl)c1. The first-order valence-corrected chi connectivity index (χ1v) is 8.86. The van der Waals surface area contributed by atoms with Gasteiger partial charge in [-0.15, -0.1) is 0 Å². The molecule has 0 aliphatic heterocycles. The average Bonchev–Trinajstić information content (AvgIpc) is 2.62. The Labute approximate surface area is 157 Å². The van der Waals surface area contributed by atoms with Crippen molar-refractivity contribution in [3.8, 4) is 0 Å². The molecule has 0 unspecified atom stereocenters. The monoisotopic (exact) mass is 378 g/mol. The van der Waals surface area contributed by atoms with Crippen molar-refractivity contribution in [1.29, 1.82) is 0 Å². The molecule has 0 heterocycles. The van der Waals surface area contributed by atoms with Gasteiger partial charge in [0.2, 0.25) is 5.91 Å². The predicted molar refractivity (Wildman–Crippen MR) is 101 cm³/mol. The first kappa shape index (κ1) is 19.3. The van der Waals surface area contributed by atoms with Crippen molar-refractivity contribution in [3.63, 3.8) is 0 Å². The van der Waals surface area contributed by atoms with Crippen LogP contribution in [0.15, 0.2) is 48.5 Å². The Morgan fingerprint density at radius 1 is 0.880 bits per heavy atom. The first-order chi connectivity index (χ1) is 12.1. The van der Waals surface area contributed by atoms with Gasteiger partial charge in [0.05, 0.1) is 10.0 Å². The lowest BCUT2D eigenvalue weighted by atomic mass is 10.1. The van der Waals surface area contributed by atoms with Gasteiger partial charge in [0.1, 0.15) is 0 Å². The summed E-state index contributed by atoms with van der Waals surface area (Å²) < 4.78 is 0. The number of benzene rings is 2. The van der Waals surface area contributed by atoms with Crippen molar-refractivity contribution in [2.24, 2.45) is 0 Å². The minimum atomic E-state index is -0.253. The third-order valence-corrected chi connectivity index (χ3v) is 4.37. The van der Waals surface area contributed by atoms with Crippen LogP contribution in [0.4, 0.5) is 0 Å². The van der Waals surface area contributed by atoms with E-state index in [0.29, 0.717) is 35.1 Å².